The van der Waals surface area contributed by atoms with Gasteiger partial charge in [-0.15, -0.1) is 0 Å². The zero-order valence-corrected chi connectivity index (χ0v) is 17.7. The smallest absolute Gasteiger partial charge is 0.338 e. The number of amides is 2. The fraction of sp³-hybridized carbons (Fsp3) is 0.526. The van der Waals surface area contributed by atoms with Gasteiger partial charge < -0.3 is 19.9 Å². The Morgan fingerprint density at radius 2 is 1.79 bits per heavy atom. The molecule has 0 aliphatic carbocycles. The minimum Gasteiger partial charge on any atom is -0.462 e. The lowest BCUT2D eigenvalue weighted by Crippen LogP contribution is -2.48. The summed E-state index contributed by atoms with van der Waals surface area (Å²) < 4.78 is 28.5. The first-order valence-electron chi connectivity index (χ1n) is 9.37. The third-order valence-electron chi connectivity index (χ3n) is 4.55. The number of sulfone groups is 1. The number of nitrogens with zero attached hydrogens (tertiary/aromatic N) is 2. The largest absolute Gasteiger partial charge is 0.462 e. The molecule has 2 rings (SSSR count). The van der Waals surface area contributed by atoms with E-state index in [1.807, 2.05) is 19.0 Å². The van der Waals surface area contributed by atoms with Gasteiger partial charge in [0.2, 0.25) is 0 Å². The highest BCUT2D eigenvalue weighted by Crippen LogP contribution is 2.19. The number of esters is 1. The molecule has 1 saturated heterocycles. The van der Waals surface area contributed by atoms with Gasteiger partial charge in [0.25, 0.3) is 0 Å². The van der Waals surface area contributed by atoms with Crippen molar-refractivity contribution in [1.29, 1.82) is 0 Å². The molecule has 1 aliphatic heterocycles. The lowest BCUT2D eigenvalue weighted by atomic mass is 10.2. The minimum absolute atomic E-state index is 0.0142. The Balaban J connectivity index is 2.07. The molecule has 1 N–H and O–H groups in total. The number of hydrogen-bond acceptors (Lipinski definition) is 7. The third kappa shape index (κ3) is 6.53. The van der Waals surface area contributed by atoms with Crippen LogP contribution in [0.2, 0.25) is 0 Å². The van der Waals surface area contributed by atoms with Gasteiger partial charge in [0, 0.05) is 24.8 Å². The topological polar surface area (TPSA) is 113 Å². The molecule has 1 atom stereocenters. The highest BCUT2D eigenvalue weighted by atomic mass is 32.2. The number of rotatable bonds is 7. The molecular weight excluding hydrogens is 398 g/mol. The van der Waals surface area contributed by atoms with Gasteiger partial charge in [0.1, 0.15) is 0 Å². The Hall–Kier alpha value is -2.46. The molecule has 29 heavy (non-hydrogen) atoms. The van der Waals surface area contributed by atoms with Gasteiger partial charge >= 0.3 is 17.8 Å². The van der Waals surface area contributed by atoms with E-state index in [0.29, 0.717) is 24.2 Å². The summed E-state index contributed by atoms with van der Waals surface area (Å²) in [6, 6.07) is 5.48. The van der Waals surface area contributed by atoms with Gasteiger partial charge in [0.05, 0.1) is 23.7 Å². The van der Waals surface area contributed by atoms with Gasteiger partial charge in [0.15, 0.2) is 9.84 Å². The van der Waals surface area contributed by atoms with Crippen LogP contribution in [0.3, 0.4) is 0 Å². The molecule has 1 fully saturated rings. The van der Waals surface area contributed by atoms with Crippen molar-refractivity contribution < 1.29 is 27.5 Å². The quantitative estimate of drug-likeness (QED) is 0.496. The summed E-state index contributed by atoms with van der Waals surface area (Å²) >= 11 is 0. The van der Waals surface area contributed by atoms with Gasteiger partial charge in [-0.3, -0.25) is 9.59 Å². The highest BCUT2D eigenvalue weighted by Gasteiger charge is 2.36. The van der Waals surface area contributed by atoms with Crippen molar-refractivity contribution in [2.45, 2.75) is 19.4 Å². The van der Waals surface area contributed by atoms with Crippen LogP contribution in [0.4, 0.5) is 5.69 Å². The van der Waals surface area contributed by atoms with Crippen LogP contribution in [0.15, 0.2) is 24.3 Å². The van der Waals surface area contributed by atoms with E-state index >= 15 is 0 Å². The van der Waals surface area contributed by atoms with Crippen LogP contribution in [0.25, 0.3) is 0 Å². The maximum absolute atomic E-state index is 12.7. The third-order valence-corrected chi connectivity index (χ3v) is 6.30. The van der Waals surface area contributed by atoms with Crippen molar-refractivity contribution in [3.05, 3.63) is 29.8 Å². The molecule has 1 aromatic carbocycles. The minimum atomic E-state index is -3.20. The normalized spacial score (nSPS) is 17.7. The molecule has 1 heterocycles. The molecule has 0 aromatic heterocycles. The summed E-state index contributed by atoms with van der Waals surface area (Å²) in [5.41, 5.74) is 0.683. The molecule has 0 radical (unpaired) electrons. The summed E-state index contributed by atoms with van der Waals surface area (Å²) in [6.45, 7) is 2.71. The lowest BCUT2D eigenvalue weighted by Gasteiger charge is -2.28. The Labute approximate surface area is 170 Å². The summed E-state index contributed by atoms with van der Waals surface area (Å²) in [4.78, 5) is 40.1. The maximum atomic E-state index is 12.7. The van der Waals surface area contributed by atoms with Crippen molar-refractivity contribution >= 4 is 33.3 Å². The average Bonchev–Trinajstić information content (AvgIpc) is 3.01. The van der Waals surface area contributed by atoms with Crippen LogP contribution < -0.4 is 5.32 Å². The number of likely N-dealkylation sites (N-methyl/N-ethyl adjacent to an activating group) is 1. The second-order valence-electron chi connectivity index (χ2n) is 7.11. The van der Waals surface area contributed by atoms with Crippen LogP contribution in [0.1, 0.15) is 23.7 Å². The number of ether oxygens (including phenoxy) is 1. The van der Waals surface area contributed by atoms with E-state index in [2.05, 4.69) is 5.32 Å². The van der Waals surface area contributed by atoms with Crippen molar-refractivity contribution in [2.75, 3.05) is 50.6 Å². The second-order valence-corrected chi connectivity index (χ2v) is 9.34. The SMILES string of the molecule is CCOC(=O)c1ccc(NC(=O)C(=O)N(CCN(C)C)C2CCS(=O)(=O)C2)cc1. The van der Waals surface area contributed by atoms with E-state index in [4.69, 9.17) is 4.74 Å². The summed E-state index contributed by atoms with van der Waals surface area (Å²) in [5.74, 6) is -2.22. The number of anilines is 1. The highest BCUT2D eigenvalue weighted by molar-refractivity contribution is 7.91. The fourth-order valence-corrected chi connectivity index (χ4v) is 4.73. The van der Waals surface area contributed by atoms with Gasteiger partial charge in [-0.2, -0.15) is 0 Å². The number of nitrogens with one attached hydrogen (secondary N) is 1. The molecule has 0 bridgehead atoms. The number of carbonyl (C=O) groups excluding carboxylic acids is 3. The lowest BCUT2D eigenvalue weighted by molar-refractivity contribution is -0.144. The molecule has 0 saturated carbocycles. The predicted molar refractivity (Wildman–Crippen MR) is 108 cm³/mol. The van der Waals surface area contributed by atoms with Crippen molar-refractivity contribution in [1.82, 2.24) is 9.80 Å². The first kappa shape index (κ1) is 22.8. The van der Waals surface area contributed by atoms with Crippen molar-refractivity contribution in [2.24, 2.45) is 0 Å². The zero-order chi connectivity index (χ0) is 21.6. The van der Waals surface area contributed by atoms with Gasteiger partial charge in [-0.05, 0) is 51.7 Å². The Kier molecular flexibility index (Phi) is 7.74. The van der Waals surface area contributed by atoms with E-state index in [9.17, 15) is 22.8 Å². The molecule has 10 heteroatoms. The monoisotopic (exact) mass is 425 g/mol. The molecule has 0 spiro atoms. The molecular formula is C19H27N3O6S. The molecule has 2 amide bonds. The van der Waals surface area contributed by atoms with Crippen molar-refractivity contribution in [3.8, 4) is 0 Å². The Morgan fingerprint density at radius 1 is 1.14 bits per heavy atom. The van der Waals surface area contributed by atoms with Crippen LogP contribution in [-0.2, 0) is 24.2 Å². The van der Waals surface area contributed by atoms with E-state index in [1.165, 1.54) is 29.2 Å². The van der Waals surface area contributed by atoms with Crippen LogP contribution in [-0.4, -0.2) is 87.3 Å². The van der Waals surface area contributed by atoms with Gasteiger partial charge in [-0.25, -0.2) is 13.2 Å². The van der Waals surface area contributed by atoms with E-state index < -0.39 is 33.7 Å². The van der Waals surface area contributed by atoms with E-state index in [0.717, 1.165) is 0 Å². The molecule has 1 unspecified atom stereocenters. The standard InChI is InChI=1S/C19H27N3O6S/c1-4-28-19(25)14-5-7-15(8-6-14)20-17(23)18(24)22(11-10-21(2)3)16-9-12-29(26,27)13-16/h5-8,16H,4,9-13H2,1-3H3,(H,20,23). The van der Waals surface area contributed by atoms with E-state index in [1.54, 1.807) is 6.92 Å². The van der Waals surface area contributed by atoms with Crippen LogP contribution in [0, 0.1) is 0 Å². The summed E-state index contributed by atoms with van der Waals surface area (Å²) in [6.07, 6.45) is 0.322. The number of hydrogen-bond donors (Lipinski definition) is 1. The molecule has 1 aliphatic rings. The summed E-state index contributed by atoms with van der Waals surface area (Å²) in [5, 5.41) is 2.51. The zero-order valence-electron chi connectivity index (χ0n) is 16.9. The Bertz CT molecular complexity index is 851. The number of benzene rings is 1. The van der Waals surface area contributed by atoms with Crippen LogP contribution in [0.5, 0.6) is 0 Å². The van der Waals surface area contributed by atoms with Crippen LogP contribution >= 0.6 is 0 Å². The second kappa shape index (κ2) is 9.84. The predicted octanol–water partition coefficient (Wildman–Crippen LogP) is 0.379. The molecule has 9 nitrogen and oxygen atoms in total. The Morgan fingerprint density at radius 3 is 2.31 bits per heavy atom. The van der Waals surface area contributed by atoms with Gasteiger partial charge in [-0.1, -0.05) is 0 Å². The molecule has 1 aromatic rings. The maximum Gasteiger partial charge on any atom is 0.338 e. The van der Waals surface area contributed by atoms with Crippen molar-refractivity contribution in [3.63, 3.8) is 0 Å². The molecule has 160 valence electrons. The average molecular weight is 426 g/mol. The summed E-state index contributed by atoms with van der Waals surface area (Å²) in [7, 11) is 0.467. The fourth-order valence-electron chi connectivity index (χ4n) is 3.00. The first-order chi connectivity index (χ1) is 13.6. The first-order valence-corrected chi connectivity index (χ1v) is 11.2. The van der Waals surface area contributed by atoms with E-state index in [-0.39, 0.29) is 24.7 Å². The number of carbonyl (C=O) groups is 3.